The van der Waals surface area contributed by atoms with Gasteiger partial charge in [0.2, 0.25) is 0 Å². The number of amides is 1. The van der Waals surface area contributed by atoms with Gasteiger partial charge in [-0.25, -0.2) is 5.43 Å². The molecular formula is C21H18Br2ClN3O2. The van der Waals surface area contributed by atoms with Crippen molar-refractivity contribution in [2.45, 2.75) is 13.8 Å². The van der Waals surface area contributed by atoms with Gasteiger partial charge in [0.05, 0.1) is 6.21 Å². The van der Waals surface area contributed by atoms with E-state index in [4.69, 9.17) is 16.3 Å². The summed E-state index contributed by atoms with van der Waals surface area (Å²) in [7, 11) is 0. The fourth-order valence-corrected chi connectivity index (χ4v) is 3.79. The molecule has 0 aliphatic rings. The summed E-state index contributed by atoms with van der Waals surface area (Å²) in [4.78, 5) is 12.0. The molecule has 0 saturated heterocycles. The molecule has 0 bridgehead atoms. The largest absolute Gasteiger partial charge is 0.484 e. The molecule has 0 aliphatic heterocycles. The first-order chi connectivity index (χ1) is 13.9. The molecule has 0 radical (unpaired) electrons. The Balaban J connectivity index is 1.67. The minimum absolute atomic E-state index is 0.141. The van der Waals surface area contributed by atoms with Crippen LogP contribution in [0.2, 0.25) is 5.02 Å². The van der Waals surface area contributed by atoms with E-state index in [1.807, 2.05) is 38.1 Å². The van der Waals surface area contributed by atoms with Crippen LogP contribution in [0.1, 0.15) is 17.0 Å². The van der Waals surface area contributed by atoms with Crippen LogP contribution in [0.4, 0.5) is 0 Å². The van der Waals surface area contributed by atoms with Crippen molar-refractivity contribution in [2.75, 3.05) is 6.61 Å². The van der Waals surface area contributed by atoms with Crippen molar-refractivity contribution in [3.8, 4) is 11.4 Å². The number of benzene rings is 2. The number of hydrogen-bond donors (Lipinski definition) is 1. The number of carbonyl (C=O) groups excluding carboxylic acids is 1. The van der Waals surface area contributed by atoms with Crippen LogP contribution in [-0.4, -0.2) is 23.3 Å². The molecule has 0 aliphatic carbocycles. The van der Waals surface area contributed by atoms with E-state index in [0.29, 0.717) is 10.8 Å². The summed E-state index contributed by atoms with van der Waals surface area (Å²) < 4.78 is 9.48. The summed E-state index contributed by atoms with van der Waals surface area (Å²) in [5.74, 6) is 0.211. The molecule has 5 nitrogen and oxygen atoms in total. The van der Waals surface area contributed by atoms with Gasteiger partial charge in [-0.05, 0) is 78.3 Å². The Morgan fingerprint density at radius 1 is 1.10 bits per heavy atom. The van der Waals surface area contributed by atoms with Gasteiger partial charge in [0.1, 0.15) is 5.75 Å². The zero-order chi connectivity index (χ0) is 21.0. The molecule has 1 amide bonds. The average Bonchev–Trinajstić information content (AvgIpc) is 2.91. The molecule has 1 heterocycles. The van der Waals surface area contributed by atoms with E-state index in [9.17, 15) is 4.79 Å². The molecule has 29 heavy (non-hydrogen) atoms. The van der Waals surface area contributed by atoms with Crippen molar-refractivity contribution >= 4 is 55.6 Å². The number of halogens is 3. The van der Waals surface area contributed by atoms with Crippen LogP contribution in [0.25, 0.3) is 5.69 Å². The molecule has 0 unspecified atom stereocenters. The van der Waals surface area contributed by atoms with Gasteiger partial charge in [-0.2, -0.15) is 5.10 Å². The van der Waals surface area contributed by atoms with E-state index in [1.54, 1.807) is 30.5 Å². The molecular weight excluding hydrogens is 522 g/mol. The van der Waals surface area contributed by atoms with E-state index >= 15 is 0 Å². The van der Waals surface area contributed by atoms with E-state index in [-0.39, 0.29) is 12.5 Å². The normalized spacial score (nSPS) is 11.1. The van der Waals surface area contributed by atoms with Gasteiger partial charge >= 0.3 is 0 Å². The summed E-state index contributed by atoms with van der Waals surface area (Å²) in [5, 5.41) is 4.68. The third-order valence-electron chi connectivity index (χ3n) is 4.27. The minimum atomic E-state index is -0.353. The molecule has 0 atom stereocenters. The summed E-state index contributed by atoms with van der Waals surface area (Å²) in [5.41, 5.74) is 6.48. The third kappa shape index (κ3) is 5.29. The maximum absolute atomic E-state index is 12.0. The maximum Gasteiger partial charge on any atom is 0.277 e. The van der Waals surface area contributed by atoms with Crippen LogP contribution in [0.3, 0.4) is 0 Å². The van der Waals surface area contributed by atoms with E-state index in [1.165, 1.54) is 0 Å². The Hall–Kier alpha value is -2.09. The van der Waals surface area contributed by atoms with Crippen molar-refractivity contribution in [3.63, 3.8) is 0 Å². The van der Waals surface area contributed by atoms with E-state index in [2.05, 4.69) is 47.0 Å². The van der Waals surface area contributed by atoms with Gasteiger partial charge in [-0.3, -0.25) is 4.79 Å². The SMILES string of the molecule is Cc1c(Br)c(/C=N\NC(=O)COc2ccc(Cl)cc2)c(C)n1-c1ccc(Br)cc1. The second-order valence-electron chi connectivity index (χ2n) is 6.25. The number of hydrogen-bond acceptors (Lipinski definition) is 3. The first kappa shape index (κ1) is 21.6. The highest BCUT2D eigenvalue weighted by molar-refractivity contribution is 9.10. The lowest BCUT2D eigenvalue weighted by atomic mass is 10.2. The van der Waals surface area contributed by atoms with E-state index < -0.39 is 0 Å². The van der Waals surface area contributed by atoms with Crippen molar-refractivity contribution in [3.05, 3.63) is 79.5 Å². The number of carbonyl (C=O) groups is 1. The average molecular weight is 540 g/mol. The molecule has 2 aromatic carbocycles. The molecule has 0 saturated carbocycles. The van der Waals surface area contributed by atoms with Crippen LogP contribution in [0.15, 0.2) is 62.6 Å². The van der Waals surface area contributed by atoms with Gasteiger partial charge < -0.3 is 9.30 Å². The fourth-order valence-electron chi connectivity index (χ4n) is 2.83. The number of rotatable bonds is 6. The van der Waals surface area contributed by atoms with Crippen molar-refractivity contribution < 1.29 is 9.53 Å². The Morgan fingerprint density at radius 3 is 2.41 bits per heavy atom. The lowest BCUT2D eigenvalue weighted by molar-refractivity contribution is -0.123. The van der Waals surface area contributed by atoms with Gasteiger partial charge in [0.15, 0.2) is 6.61 Å². The van der Waals surface area contributed by atoms with Crippen molar-refractivity contribution in [1.29, 1.82) is 0 Å². The molecule has 8 heteroatoms. The highest BCUT2D eigenvalue weighted by Crippen LogP contribution is 2.30. The Morgan fingerprint density at radius 2 is 1.76 bits per heavy atom. The number of nitrogens with one attached hydrogen (secondary N) is 1. The molecule has 1 N–H and O–H groups in total. The topological polar surface area (TPSA) is 55.6 Å². The van der Waals surface area contributed by atoms with Crippen molar-refractivity contribution in [1.82, 2.24) is 9.99 Å². The molecule has 150 valence electrons. The first-order valence-corrected chi connectivity index (χ1v) is 10.7. The standard InChI is InChI=1S/C21H18Br2ClN3O2/c1-13-19(21(23)14(2)27(13)17-7-3-15(22)4-8-17)11-25-26-20(28)12-29-18-9-5-16(24)6-10-18/h3-11H,12H2,1-2H3,(H,26,28)/b25-11-. The number of nitrogens with zero attached hydrogens (tertiary/aromatic N) is 2. The highest BCUT2D eigenvalue weighted by atomic mass is 79.9. The highest BCUT2D eigenvalue weighted by Gasteiger charge is 2.15. The Kier molecular flexibility index (Phi) is 7.16. The smallest absolute Gasteiger partial charge is 0.277 e. The predicted octanol–water partition coefficient (Wildman–Crippen LogP) is 5.80. The zero-order valence-electron chi connectivity index (χ0n) is 15.7. The summed E-state index contributed by atoms with van der Waals surface area (Å²) in [6.45, 7) is 3.89. The molecule has 0 spiro atoms. The lowest BCUT2D eigenvalue weighted by Crippen LogP contribution is -2.24. The molecule has 3 rings (SSSR count). The van der Waals surface area contributed by atoms with Gasteiger partial charge in [-0.1, -0.05) is 27.5 Å². The van der Waals surface area contributed by atoms with E-state index in [0.717, 1.165) is 31.6 Å². The van der Waals surface area contributed by atoms with Crippen LogP contribution < -0.4 is 10.2 Å². The second kappa shape index (κ2) is 9.61. The van der Waals surface area contributed by atoms with Crippen molar-refractivity contribution in [2.24, 2.45) is 5.10 Å². The summed E-state index contributed by atoms with van der Waals surface area (Å²) in [6, 6.07) is 14.9. The Labute approximate surface area is 191 Å². The predicted molar refractivity (Wildman–Crippen MR) is 123 cm³/mol. The van der Waals surface area contributed by atoms with Gasteiger partial charge in [-0.15, -0.1) is 0 Å². The zero-order valence-corrected chi connectivity index (χ0v) is 19.7. The number of ether oxygens (including phenoxy) is 1. The number of aromatic nitrogens is 1. The lowest BCUT2D eigenvalue weighted by Gasteiger charge is -2.09. The van der Waals surface area contributed by atoms with Gasteiger partial charge in [0, 0.05) is 36.6 Å². The second-order valence-corrected chi connectivity index (χ2v) is 8.39. The quantitative estimate of drug-likeness (QED) is 0.318. The third-order valence-corrected chi connectivity index (χ3v) is 6.05. The monoisotopic (exact) mass is 537 g/mol. The summed E-state index contributed by atoms with van der Waals surface area (Å²) in [6.07, 6.45) is 1.63. The first-order valence-electron chi connectivity index (χ1n) is 8.70. The molecule has 1 aromatic heterocycles. The van der Waals surface area contributed by atoms with Crippen LogP contribution in [0.5, 0.6) is 5.75 Å². The summed E-state index contributed by atoms with van der Waals surface area (Å²) >= 11 is 12.9. The van der Waals surface area contributed by atoms with Crippen LogP contribution >= 0.6 is 43.5 Å². The number of hydrazone groups is 1. The molecule has 0 fully saturated rings. The maximum atomic E-state index is 12.0. The minimum Gasteiger partial charge on any atom is -0.484 e. The molecule has 3 aromatic rings. The van der Waals surface area contributed by atoms with Crippen LogP contribution in [-0.2, 0) is 4.79 Å². The fraction of sp³-hybridized carbons (Fsp3) is 0.143. The van der Waals surface area contributed by atoms with Crippen LogP contribution in [0, 0.1) is 13.8 Å². The van der Waals surface area contributed by atoms with Gasteiger partial charge in [0.25, 0.3) is 5.91 Å². The Bertz CT molecular complexity index is 1050.